The molecule has 0 aromatic heterocycles. The molecule has 0 spiro atoms. The number of carbonyl (C=O) groups is 2. The summed E-state index contributed by atoms with van der Waals surface area (Å²) in [6, 6.07) is 5.81. The number of hydrogen-bond acceptors (Lipinski definition) is 6. The average Bonchev–Trinajstić information content (AvgIpc) is 2.61. The molecule has 1 atom stereocenters. The van der Waals surface area contributed by atoms with Gasteiger partial charge in [0.15, 0.2) is 17.8 Å². The third-order valence-electron chi connectivity index (χ3n) is 4.20. The van der Waals surface area contributed by atoms with Crippen molar-refractivity contribution in [1.82, 2.24) is 0 Å². The first kappa shape index (κ1) is 21.2. The first-order chi connectivity index (χ1) is 13.2. The number of phenols is 1. The van der Waals surface area contributed by atoms with Crippen LogP contribution in [0, 0.1) is 12.8 Å². The first-order valence-electron chi connectivity index (χ1n) is 8.78. The molecular weight excluding hydrogens is 364 g/mol. The van der Waals surface area contributed by atoms with Crippen LogP contribution in [0.5, 0.6) is 23.0 Å². The number of rotatable bonds is 8. The number of aliphatic hydroxyl groups excluding tert-OH is 1. The third-order valence-corrected chi connectivity index (χ3v) is 4.20. The summed E-state index contributed by atoms with van der Waals surface area (Å²) in [5.41, 5.74) is 0.746. The number of aryl methyl sites for hydroxylation is 1. The van der Waals surface area contributed by atoms with Crippen LogP contribution in [0.4, 0.5) is 0 Å². The van der Waals surface area contributed by atoms with Crippen molar-refractivity contribution in [1.29, 1.82) is 0 Å². The number of carboxylic acids is 1. The van der Waals surface area contributed by atoms with Crippen LogP contribution in [0.15, 0.2) is 24.3 Å². The number of aldehydes is 1. The summed E-state index contributed by atoms with van der Waals surface area (Å²) in [5, 5.41) is 30.3. The molecule has 0 radical (unpaired) electrons. The smallest absolute Gasteiger partial charge is 0.343 e. The van der Waals surface area contributed by atoms with E-state index in [0.29, 0.717) is 23.8 Å². The third kappa shape index (κ3) is 4.43. The van der Waals surface area contributed by atoms with E-state index in [2.05, 4.69) is 0 Å². The van der Waals surface area contributed by atoms with E-state index in [0.717, 1.165) is 0 Å². The topological polar surface area (TPSA) is 113 Å². The van der Waals surface area contributed by atoms with Crippen molar-refractivity contribution in [3.05, 3.63) is 46.5 Å². The second-order valence-corrected chi connectivity index (χ2v) is 6.93. The molecule has 7 heteroatoms. The first-order valence-corrected chi connectivity index (χ1v) is 8.78. The van der Waals surface area contributed by atoms with Crippen molar-refractivity contribution >= 4 is 12.3 Å². The fraction of sp³-hybridized carbons (Fsp3) is 0.333. The lowest BCUT2D eigenvalue weighted by Gasteiger charge is -2.20. The summed E-state index contributed by atoms with van der Waals surface area (Å²) in [7, 11) is 1.30. The van der Waals surface area contributed by atoms with Crippen molar-refractivity contribution in [2.75, 3.05) is 7.11 Å². The van der Waals surface area contributed by atoms with E-state index in [4.69, 9.17) is 9.47 Å². The van der Waals surface area contributed by atoms with Gasteiger partial charge in [-0.1, -0.05) is 13.8 Å². The van der Waals surface area contributed by atoms with Gasteiger partial charge in [-0.15, -0.1) is 0 Å². The standard InChI is InChI=1S/C21H24O7/c1-11(2)7-15(23)14-5-6-17(18(21(25)26)20(14)27-4)28-19-13(10-22)8-12(3)9-16(19)24/h5-6,8-11,15,23-24H,7H2,1-4H3,(H,25,26)/t15-/m0/s1. The summed E-state index contributed by atoms with van der Waals surface area (Å²) in [4.78, 5) is 23.3. The molecule has 2 rings (SSSR count). The Morgan fingerprint density at radius 1 is 1.21 bits per heavy atom. The minimum absolute atomic E-state index is 0.0302. The van der Waals surface area contributed by atoms with E-state index in [1.54, 1.807) is 6.92 Å². The molecule has 3 N–H and O–H groups in total. The number of benzene rings is 2. The Balaban J connectivity index is 2.61. The fourth-order valence-corrected chi connectivity index (χ4v) is 3.01. The van der Waals surface area contributed by atoms with Gasteiger partial charge in [0.1, 0.15) is 17.1 Å². The monoisotopic (exact) mass is 388 g/mol. The van der Waals surface area contributed by atoms with Gasteiger partial charge in [-0.3, -0.25) is 4.79 Å². The maximum atomic E-state index is 11.9. The average molecular weight is 388 g/mol. The summed E-state index contributed by atoms with van der Waals surface area (Å²) >= 11 is 0. The largest absolute Gasteiger partial charge is 0.504 e. The normalized spacial score (nSPS) is 11.9. The molecule has 0 bridgehead atoms. The molecule has 0 aliphatic rings. The molecule has 0 heterocycles. The van der Waals surface area contributed by atoms with Crippen molar-refractivity contribution < 1.29 is 34.4 Å². The van der Waals surface area contributed by atoms with Gasteiger partial charge in [0.05, 0.1) is 18.8 Å². The molecule has 2 aromatic rings. The zero-order chi connectivity index (χ0) is 21.0. The molecule has 0 saturated carbocycles. The molecule has 2 aromatic carbocycles. The predicted octanol–water partition coefficient (Wildman–Crippen LogP) is 4.09. The van der Waals surface area contributed by atoms with Gasteiger partial charge in [0.2, 0.25) is 0 Å². The fourth-order valence-electron chi connectivity index (χ4n) is 3.01. The van der Waals surface area contributed by atoms with Gasteiger partial charge in [0.25, 0.3) is 0 Å². The lowest BCUT2D eigenvalue weighted by atomic mass is 9.96. The Morgan fingerprint density at radius 2 is 1.89 bits per heavy atom. The van der Waals surface area contributed by atoms with E-state index in [9.17, 15) is 24.9 Å². The molecule has 0 saturated heterocycles. The van der Waals surface area contributed by atoms with E-state index in [1.165, 1.54) is 31.4 Å². The highest BCUT2D eigenvalue weighted by atomic mass is 16.5. The second kappa shape index (κ2) is 8.75. The van der Waals surface area contributed by atoms with Crippen LogP contribution in [0.3, 0.4) is 0 Å². The molecular formula is C21H24O7. The number of ether oxygens (including phenoxy) is 2. The molecule has 0 aliphatic heterocycles. The van der Waals surface area contributed by atoms with Gasteiger partial charge in [-0.25, -0.2) is 4.79 Å². The quantitative estimate of drug-likeness (QED) is 0.584. The Kier molecular flexibility index (Phi) is 6.64. The molecule has 0 aliphatic carbocycles. The summed E-state index contributed by atoms with van der Waals surface area (Å²) < 4.78 is 10.9. The van der Waals surface area contributed by atoms with Crippen molar-refractivity contribution in [3.8, 4) is 23.0 Å². The van der Waals surface area contributed by atoms with Gasteiger partial charge in [0, 0.05) is 5.56 Å². The van der Waals surface area contributed by atoms with Crippen LogP contribution in [0.2, 0.25) is 0 Å². The van der Waals surface area contributed by atoms with E-state index < -0.39 is 12.1 Å². The number of hydrogen-bond donors (Lipinski definition) is 3. The zero-order valence-corrected chi connectivity index (χ0v) is 16.2. The second-order valence-electron chi connectivity index (χ2n) is 6.93. The van der Waals surface area contributed by atoms with Crippen molar-refractivity contribution in [3.63, 3.8) is 0 Å². The highest BCUT2D eigenvalue weighted by Crippen LogP contribution is 2.41. The molecule has 7 nitrogen and oxygen atoms in total. The summed E-state index contributed by atoms with van der Waals surface area (Å²) in [6.07, 6.45) is 0.0184. The lowest BCUT2D eigenvalue weighted by molar-refractivity contribution is 0.0689. The molecule has 0 unspecified atom stereocenters. The minimum Gasteiger partial charge on any atom is -0.504 e. The molecule has 28 heavy (non-hydrogen) atoms. The number of aromatic hydroxyl groups is 1. The number of methoxy groups -OCH3 is 1. The van der Waals surface area contributed by atoms with Crippen LogP contribution in [-0.4, -0.2) is 34.7 Å². The zero-order valence-electron chi connectivity index (χ0n) is 16.2. The number of carbonyl (C=O) groups excluding carboxylic acids is 1. The Hall–Kier alpha value is -3.06. The number of carboxylic acid groups (broad SMARTS) is 1. The number of aromatic carboxylic acids is 1. The summed E-state index contributed by atoms with van der Waals surface area (Å²) in [6.45, 7) is 5.58. The van der Waals surface area contributed by atoms with Gasteiger partial charge < -0.3 is 24.8 Å². The lowest BCUT2D eigenvalue weighted by Crippen LogP contribution is -2.10. The number of phenolic OH excluding ortho intramolecular Hbond substituents is 1. The Labute approximate surface area is 163 Å². The van der Waals surface area contributed by atoms with Gasteiger partial charge in [-0.05, 0) is 49.1 Å². The van der Waals surface area contributed by atoms with Crippen LogP contribution in [-0.2, 0) is 0 Å². The maximum absolute atomic E-state index is 11.9. The predicted molar refractivity (Wildman–Crippen MR) is 103 cm³/mol. The Morgan fingerprint density at radius 3 is 2.43 bits per heavy atom. The van der Waals surface area contributed by atoms with Crippen molar-refractivity contribution in [2.45, 2.75) is 33.3 Å². The van der Waals surface area contributed by atoms with Gasteiger partial charge >= 0.3 is 5.97 Å². The van der Waals surface area contributed by atoms with E-state index in [-0.39, 0.29) is 40.0 Å². The van der Waals surface area contributed by atoms with Crippen LogP contribution in [0.1, 0.15) is 58.2 Å². The highest BCUT2D eigenvalue weighted by molar-refractivity contribution is 5.95. The molecule has 150 valence electrons. The van der Waals surface area contributed by atoms with Crippen LogP contribution in [0.25, 0.3) is 0 Å². The van der Waals surface area contributed by atoms with E-state index in [1.807, 2.05) is 13.8 Å². The SMILES string of the molecule is COc1c([C@@H](O)CC(C)C)ccc(Oc2c(O)cc(C)cc2C=O)c1C(=O)O. The van der Waals surface area contributed by atoms with Gasteiger partial charge in [-0.2, -0.15) is 0 Å². The van der Waals surface area contributed by atoms with Crippen LogP contribution >= 0.6 is 0 Å². The molecule has 0 amide bonds. The molecule has 0 fully saturated rings. The summed E-state index contributed by atoms with van der Waals surface area (Å²) in [5.74, 6) is -1.74. The minimum atomic E-state index is -1.33. The highest BCUT2D eigenvalue weighted by Gasteiger charge is 2.26. The number of aliphatic hydroxyl groups is 1. The van der Waals surface area contributed by atoms with Crippen LogP contribution < -0.4 is 9.47 Å². The van der Waals surface area contributed by atoms with Crippen molar-refractivity contribution in [2.24, 2.45) is 5.92 Å². The Bertz CT molecular complexity index is 887. The van der Waals surface area contributed by atoms with E-state index >= 15 is 0 Å². The maximum Gasteiger partial charge on any atom is 0.343 e.